The van der Waals surface area contributed by atoms with Gasteiger partial charge in [0.15, 0.2) is 0 Å². The van der Waals surface area contributed by atoms with Gasteiger partial charge in [-0.25, -0.2) is 0 Å². The van der Waals surface area contributed by atoms with Crippen LogP contribution in [0.3, 0.4) is 0 Å². The Bertz CT molecular complexity index is 385. The molecule has 1 N–H and O–H groups in total. The highest BCUT2D eigenvalue weighted by molar-refractivity contribution is 9.10. The van der Waals surface area contributed by atoms with E-state index in [1.165, 1.54) is 5.56 Å². The van der Waals surface area contributed by atoms with Crippen molar-refractivity contribution >= 4 is 15.9 Å². The fraction of sp³-hybridized carbons (Fsp3) is 0.500. The summed E-state index contributed by atoms with van der Waals surface area (Å²) in [4.78, 5) is 0. The Kier molecular flexibility index (Phi) is 2.25. The number of ether oxygens (including phenoxy) is 1. The smallest absolute Gasteiger partial charge is 0.123 e. The van der Waals surface area contributed by atoms with Gasteiger partial charge in [-0.2, -0.15) is 0 Å². The molecule has 3 rings (SSSR count). The number of halogens is 1. The fourth-order valence-corrected chi connectivity index (χ4v) is 2.92. The zero-order valence-corrected chi connectivity index (χ0v) is 10.1. The third-order valence-electron chi connectivity index (χ3n) is 3.40. The number of hydrogen-bond acceptors (Lipinski definition) is 2. The predicted octanol–water partition coefficient (Wildman–Crippen LogP) is 2.51. The van der Waals surface area contributed by atoms with Gasteiger partial charge in [0.1, 0.15) is 11.4 Å². The summed E-state index contributed by atoms with van der Waals surface area (Å²) in [6.45, 7) is 2.09. The van der Waals surface area contributed by atoms with Crippen LogP contribution in [0.25, 0.3) is 0 Å². The molecule has 0 saturated carbocycles. The minimum atomic E-state index is 0.0842. The van der Waals surface area contributed by atoms with Gasteiger partial charge >= 0.3 is 0 Å². The SMILES string of the molecule is Brc1ccc2c(c1)CC[C@@]1(CCNC1)O2. The van der Waals surface area contributed by atoms with Crippen LogP contribution in [0.4, 0.5) is 0 Å². The number of rotatable bonds is 0. The third kappa shape index (κ3) is 1.68. The molecule has 0 aliphatic carbocycles. The predicted molar refractivity (Wildman–Crippen MR) is 63.3 cm³/mol. The quantitative estimate of drug-likeness (QED) is 0.780. The Hall–Kier alpha value is -0.540. The first-order valence-electron chi connectivity index (χ1n) is 5.46. The summed E-state index contributed by atoms with van der Waals surface area (Å²) >= 11 is 3.50. The maximum Gasteiger partial charge on any atom is 0.123 e. The standard InChI is InChI=1S/C12H14BrNO/c13-10-1-2-11-9(7-10)3-4-12(15-11)5-6-14-8-12/h1-2,7,14H,3-6,8H2/t12-/m0/s1. The first-order chi connectivity index (χ1) is 7.27. The van der Waals surface area contributed by atoms with E-state index >= 15 is 0 Å². The molecular weight excluding hydrogens is 254 g/mol. The molecule has 0 bridgehead atoms. The molecular formula is C12H14BrNO. The number of nitrogens with one attached hydrogen (secondary N) is 1. The number of hydrogen-bond donors (Lipinski definition) is 1. The van der Waals surface area contributed by atoms with E-state index in [0.29, 0.717) is 0 Å². The molecule has 1 spiro atoms. The van der Waals surface area contributed by atoms with Gasteiger partial charge in [0.05, 0.1) is 0 Å². The summed E-state index contributed by atoms with van der Waals surface area (Å²) in [7, 11) is 0. The van der Waals surface area contributed by atoms with Gasteiger partial charge in [0.25, 0.3) is 0 Å². The lowest BCUT2D eigenvalue weighted by atomic mass is 9.90. The monoisotopic (exact) mass is 267 g/mol. The first-order valence-corrected chi connectivity index (χ1v) is 6.25. The summed E-state index contributed by atoms with van der Waals surface area (Å²) in [6, 6.07) is 6.31. The molecule has 15 heavy (non-hydrogen) atoms. The van der Waals surface area contributed by atoms with Crippen LogP contribution in [0.5, 0.6) is 5.75 Å². The highest BCUT2D eigenvalue weighted by atomic mass is 79.9. The average Bonchev–Trinajstić information content (AvgIpc) is 2.67. The van der Waals surface area contributed by atoms with E-state index < -0.39 is 0 Å². The van der Waals surface area contributed by atoms with E-state index in [-0.39, 0.29) is 5.60 Å². The van der Waals surface area contributed by atoms with E-state index in [1.807, 2.05) is 0 Å². The van der Waals surface area contributed by atoms with E-state index in [4.69, 9.17) is 4.74 Å². The van der Waals surface area contributed by atoms with E-state index in [2.05, 4.69) is 39.4 Å². The highest BCUT2D eigenvalue weighted by Gasteiger charge is 2.38. The van der Waals surface area contributed by atoms with Crippen LogP contribution in [-0.4, -0.2) is 18.7 Å². The van der Waals surface area contributed by atoms with Crippen LogP contribution < -0.4 is 10.1 Å². The molecule has 0 amide bonds. The van der Waals surface area contributed by atoms with Gasteiger partial charge in [0, 0.05) is 17.4 Å². The molecule has 2 heterocycles. The van der Waals surface area contributed by atoms with Crippen LogP contribution >= 0.6 is 15.9 Å². The maximum atomic E-state index is 6.15. The number of benzene rings is 1. The molecule has 0 aromatic heterocycles. The molecule has 1 aromatic carbocycles. The lowest BCUT2D eigenvalue weighted by Crippen LogP contribution is -2.41. The lowest BCUT2D eigenvalue weighted by molar-refractivity contribution is 0.0664. The topological polar surface area (TPSA) is 21.3 Å². The maximum absolute atomic E-state index is 6.15. The van der Waals surface area contributed by atoms with Crippen molar-refractivity contribution < 1.29 is 4.74 Å². The summed E-state index contributed by atoms with van der Waals surface area (Å²) in [5.74, 6) is 1.08. The Morgan fingerprint density at radius 1 is 1.33 bits per heavy atom. The second-order valence-electron chi connectivity index (χ2n) is 4.46. The summed E-state index contributed by atoms with van der Waals surface area (Å²) in [5.41, 5.74) is 1.42. The molecule has 2 aliphatic heterocycles. The summed E-state index contributed by atoms with van der Waals surface area (Å²) in [5, 5.41) is 3.39. The Balaban J connectivity index is 1.93. The van der Waals surface area contributed by atoms with Crippen molar-refractivity contribution in [2.75, 3.05) is 13.1 Å². The molecule has 3 heteroatoms. The summed E-state index contributed by atoms with van der Waals surface area (Å²) in [6.07, 6.45) is 3.42. The van der Waals surface area contributed by atoms with Crippen molar-refractivity contribution in [1.29, 1.82) is 0 Å². The van der Waals surface area contributed by atoms with E-state index in [0.717, 1.165) is 42.6 Å². The summed E-state index contributed by atoms with van der Waals surface area (Å²) < 4.78 is 7.30. The highest BCUT2D eigenvalue weighted by Crippen LogP contribution is 2.37. The van der Waals surface area contributed by atoms with Crippen LogP contribution in [0.1, 0.15) is 18.4 Å². The Labute approximate surface area is 98.1 Å². The van der Waals surface area contributed by atoms with Crippen molar-refractivity contribution in [2.45, 2.75) is 24.9 Å². The second-order valence-corrected chi connectivity index (χ2v) is 5.38. The number of fused-ring (bicyclic) bond motifs is 1. The molecule has 2 nitrogen and oxygen atoms in total. The molecule has 0 radical (unpaired) electrons. The van der Waals surface area contributed by atoms with Gasteiger partial charge < -0.3 is 10.1 Å². The van der Waals surface area contributed by atoms with Gasteiger partial charge in [-0.15, -0.1) is 0 Å². The van der Waals surface area contributed by atoms with Crippen LogP contribution in [-0.2, 0) is 6.42 Å². The molecule has 1 aromatic rings. The average molecular weight is 268 g/mol. The van der Waals surface area contributed by atoms with Crippen molar-refractivity contribution in [3.8, 4) is 5.75 Å². The van der Waals surface area contributed by atoms with Gasteiger partial charge in [0.2, 0.25) is 0 Å². The lowest BCUT2D eigenvalue weighted by Gasteiger charge is -2.35. The van der Waals surface area contributed by atoms with E-state index in [9.17, 15) is 0 Å². The molecule has 1 atom stereocenters. The molecule has 2 aliphatic rings. The minimum absolute atomic E-state index is 0.0842. The zero-order chi connectivity index (χ0) is 10.3. The van der Waals surface area contributed by atoms with Crippen LogP contribution in [0, 0.1) is 0 Å². The normalized spacial score (nSPS) is 28.9. The fourth-order valence-electron chi connectivity index (χ4n) is 2.51. The molecule has 80 valence electrons. The first kappa shape index (κ1) is 9.67. The molecule has 0 unspecified atom stereocenters. The number of aryl methyl sites for hydroxylation is 1. The van der Waals surface area contributed by atoms with Gasteiger partial charge in [-0.3, -0.25) is 0 Å². The van der Waals surface area contributed by atoms with Crippen molar-refractivity contribution in [3.63, 3.8) is 0 Å². The molecule has 1 saturated heterocycles. The second kappa shape index (κ2) is 3.49. The van der Waals surface area contributed by atoms with Gasteiger partial charge in [-0.05, 0) is 43.1 Å². The van der Waals surface area contributed by atoms with Gasteiger partial charge in [-0.1, -0.05) is 15.9 Å². The van der Waals surface area contributed by atoms with E-state index in [1.54, 1.807) is 0 Å². The zero-order valence-electron chi connectivity index (χ0n) is 8.55. The third-order valence-corrected chi connectivity index (χ3v) is 3.90. The van der Waals surface area contributed by atoms with Crippen molar-refractivity contribution in [2.24, 2.45) is 0 Å². The largest absolute Gasteiger partial charge is 0.486 e. The van der Waals surface area contributed by atoms with Crippen molar-refractivity contribution in [3.05, 3.63) is 28.2 Å². The van der Waals surface area contributed by atoms with Crippen LogP contribution in [0.2, 0.25) is 0 Å². The van der Waals surface area contributed by atoms with Crippen molar-refractivity contribution in [1.82, 2.24) is 5.32 Å². The minimum Gasteiger partial charge on any atom is -0.486 e. The Morgan fingerprint density at radius 3 is 3.07 bits per heavy atom. The Morgan fingerprint density at radius 2 is 2.27 bits per heavy atom. The van der Waals surface area contributed by atoms with Crippen LogP contribution in [0.15, 0.2) is 22.7 Å². The molecule has 1 fully saturated rings.